The molecule has 0 bridgehead atoms. The van der Waals surface area contributed by atoms with Crippen LogP contribution in [0, 0.1) is 13.8 Å². The number of carbonyl (C=O) groups is 1. The van der Waals surface area contributed by atoms with Gasteiger partial charge >= 0.3 is 0 Å². The molecule has 1 amide bonds. The molecule has 4 heterocycles. The summed E-state index contributed by atoms with van der Waals surface area (Å²) in [6.45, 7) is 6.41. The molecule has 148 valence electrons. The van der Waals surface area contributed by atoms with Crippen molar-refractivity contribution in [1.82, 2.24) is 30.0 Å². The molecule has 1 aliphatic heterocycles. The normalized spacial score (nSPS) is 14.0. The van der Waals surface area contributed by atoms with Gasteiger partial charge in [-0.15, -0.1) is 10.2 Å². The van der Waals surface area contributed by atoms with Crippen molar-refractivity contribution in [3.05, 3.63) is 59.8 Å². The molecule has 1 aliphatic rings. The largest absolute Gasteiger partial charge is 0.352 e. The zero-order chi connectivity index (χ0) is 20.2. The van der Waals surface area contributed by atoms with Crippen LogP contribution in [-0.2, 0) is 0 Å². The first-order valence-corrected chi connectivity index (χ1v) is 9.45. The summed E-state index contributed by atoms with van der Waals surface area (Å²) in [5.41, 5.74) is 2.27. The molecular weight excluding hydrogens is 368 g/mol. The fraction of sp³-hybridized carbons (Fsp3) is 0.300. The smallest absolute Gasteiger partial charge is 0.274 e. The van der Waals surface area contributed by atoms with Gasteiger partial charge in [0.2, 0.25) is 0 Å². The van der Waals surface area contributed by atoms with Crippen molar-refractivity contribution in [2.24, 2.45) is 0 Å². The third-order valence-electron chi connectivity index (χ3n) is 4.71. The Morgan fingerprint density at radius 3 is 2.28 bits per heavy atom. The number of hydrogen-bond donors (Lipinski definition) is 1. The SMILES string of the molecule is Cc1ccc(Nc2ccc(N3CCN(C(=O)c4cnc(C)cn4)CC3)nn2)nc1. The minimum atomic E-state index is -0.0895. The minimum Gasteiger partial charge on any atom is -0.352 e. The molecule has 4 rings (SSSR count). The first-order chi connectivity index (χ1) is 14.1. The summed E-state index contributed by atoms with van der Waals surface area (Å²) in [7, 11) is 0. The maximum Gasteiger partial charge on any atom is 0.274 e. The van der Waals surface area contributed by atoms with Crippen molar-refractivity contribution in [2.45, 2.75) is 13.8 Å². The van der Waals surface area contributed by atoms with Crippen LogP contribution in [0.25, 0.3) is 0 Å². The lowest BCUT2D eigenvalue weighted by Crippen LogP contribution is -2.49. The Balaban J connectivity index is 1.34. The second-order valence-electron chi connectivity index (χ2n) is 6.94. The summed E-state index contributed by atoms with van der Waals surface area (Å²) in [6.07, 6.45) is 4.94. The summed E-state index contributed by atoms with van der Waals surface area (Å²) < 4.78 is 0. The van der Waals surface area contributed by atoms with Crippen molar-refractivity contribution in [3.8, 4) is 0 Å². The van der Waals surface area contributed by atoms with Crippen LogP contribution in [0.2, 0.25) is 0 Å². The monoisotopic (exact) mass is 390 g/mol. The molecule has 0 aliphatic carbocycles. The zero-order valence-electron chi connectivity index (χ0n) is 16.4. The van der Waals surface area contributed by atoms with Gasteiger partial charge in [-0.3, -0.25) is 9.78 Å². The van der Waals surface area contributed by atoms with Crippen LogP contribution in [0.15, 0.2) is 42.9 Å². The molecule has 0 spiro atoms. The van der Waals surface area contributed by atoms with E-state index in [1.807, 2.05) is 38.1 Å². The lowest BCUT2D eigenvalue weighted by molar-refractivity contribution is 0.0740. The van der Waals surface area contributed by atoms with Gasteiger partial charge in [0.15, 0.2) is 11.6 Å². The topological polar surface area (TPSA) is 100 Å². The number of amides is 1. The van der Waals surface area contributed by atoms with Crippen molar-refractivity contribution in [3.63, 3.8) is 0 Å². The van der Waals surface area contributed by atoms with Crippen LogP contribution in [0.3, 0.4) is 0 Å². The standard InChI is InChI=1S/C20H22N8O/c1-14-3-4-17(23-11-14)24-18-5-6-19(26-25-18)27-7-9-28(10-8-27)20(29)16-13-21-15(2)12-22-16/h3-6,11-13H,7-10H2,1-2H3,(H,23,24,25). The van der Waals surface area contributed by atoms with Gasteiger partial charge in [-0.1, -0.05) is 6.07 Å². The highest BCUT2D eigenvalue weighted by Gasteiger charge is 2.24. The highest BCUT2D eigenvalue weighted by Crippen LogP contribution is 2.17. The van der Waals surface area contributed by atoms with Gasteiger partial charge in [-0.25, -0.2) is 9.97 Å². The van der Waals surface area contributed by atoms with Crippen LogP contribution in [0.4, 0.5) is 17.5 Å². The van der Waals surface area contributed by atoms with E-state index in [-0.39, 0.29) is 5.91 Å². The fourth-order valence-corrected chi connectivity index (χ4v) is 3.04. The van der Waals surface area contributed by atoms with Crippen LogP contribution in [0.1, 0.15) is 21.7 Å². The van der Waals surface area contributed by atoms with Gasteiger partial charge in [0.05, 0.1) is 11.9 Å². The van der Waals surface area contributed by atoms with E-state index >= 15 is 0 Å². The minimum absolute atomic E-state index is 0.0895. The summed E-state index contributed by atoms with van der Waals surface area (Å²) in [4.78, 5) is 29.1. The average Bonchev–Trinajstić information content (AvgIpc) is 2.76. The van der Waals surface area contributed by atoms with Gasteiger partial charge in [-0.2, -0.15) is 0 Å². The molecule has 0 atom stereocenters. The molecule has 3 aromatic heterocycles. The second kappa shape index (κ2) is 8.17. The Morgan fingerprint density at radius 2 is 1.66 bits per heavy atom. The van der Waals surface area contributed by atoms with E-state index in [1.165, 1.54) is 6.20 Å². The number of aromatic nitrogens is 5. The Hall–Kier alpha value is -3.62. The number of nitrogens with one attached hydrogen (secondary N) is 1. The number of carbonyl (C=O) groups excluding carboxylic acids is 1. The third-order valence-corrected chi connectivity index (χ3v) is 4.71. The first kappa shape index (κ1) is 18.7. The van der Waals surface area contributed by atoms with E-state index in [0.717, 1.165) is 22.9 Å². The molecule has 9 heteroatoms. The molecule has 0 aromatic carbocycles. The Morgan fingerprint density at radius 1 is 0.862 bits per heavy atom. The summed E-state index contributed by atoms with van der Waals surface area (Å²) in [5.74, 6) is 2.06. The lowest BCUT2D eigenvalue weighted by Gasteiger charge is -2.34. The molecule has 0 saturated carbocycles. The molecule has 1 N–H and O–H groups in total. The number of pyridine rings is 1. The van der Waals surface area contributed by atoms with E-state index in [1.54, 1.807) is 17.3 Å². The predicted octanol–water partition coefficient (Wildman–Crippen LogP) is 1.98. The predicted molar refractivity (Wildman–Crippen MR) is 109 cm³/mol. The number of anilines is 3. The molecule has 1 fully saturated rings. The van der Waals surface area contributed by atoms with Gasteiger partial charge in [0, 0.05) is 38.6 Å². The average molecular weight is 390 g/mol. The molecular formula is C20H22N8O. The zero-order valence-corrected chi connectivity index (χ0v) is 16.4. The Bertz CT molecular complexity index is 965. The highest BCUT2D eigenvalue weighted by molar-refractivity contribution is 5.92. The number of aryl methyl sites for hydroxylation is 2. The maximum absolute atomic E-state index is 12.6. The highest BCUT2D eigenvalue weighted by atomic mass is 16.2. The summed E-state index contributed by atoms with van der Waals surface area (Å²) in [6, 6.07) is 7.69. The van der Waals surface area contributed by atoms with Crippen LogP contribution in [-0.4, -0.2) is 62.1 Å². The second-order valence-corrected chi connectivity index (χ2v) is 6.94. The molecule has 0 radical (unpaired) electrons. The van der Waals surface area contributed by atoms with Gasteiger partial charge < -0.3 is 15.1 Å². The first-order valence-electron chi connectivity index (χ1n) is 9.45. The fourth-order valence-electron chi connectivity index (χ4n) is 3.04. The van der Waals surface area contributed by atoms with Crippen molar-refractivity contribution in [2.75, 3.05) is 36.4 Å². The number of nitrogens with zero attached hydrogens (tertiary/aromatic N) is 7. The van der Waals surface area contributed by atoms with Gasteiger partial charge in [-0.05, 0) is 37.6 Å². The molecule has 0 unspecified atom stereocenters. The quantitative estimate of drug-likeness (QED) is 0.722. The van der Waals surface area contributed by atoms with Crippen LogP contribution < -0.4 is 10.2 Å². The molecule has 9 nitrogen and oxygen atoms in total. The van der Waals surface area contributed by atoms with E-state index < -0.39 is 0 Å². The lowest BCUT2D eigenvalue weighted by atomic mass is 10.2. The molecule has 1 saturated heterocycles. The maximum atomic E-state index is 12.6. The third kappa shape index (κ3) is 4.45. The summed E-state index contributed by atoms with van der Waals surface area (Å²) in [5, 5.41) is 11.7. The Labute approximate surface area is 168 Å². The van der Waals surface area contributed by atoms with Gasteiger partial charge in [0.25, 0.3) is 5.91 Å². The van der Waals surface area contributed by atoms with Crippen LogP contribution >= 0.6 is 0 Å². The summed E-state index contributed by atoms with van der Waals surface area (Å²) >= 11 is 0. The molecule has 29 heavy (non-hydrogen) atoms. The van der Waals surface area contributed by atoms with E-state index in [9.17, 15) is 4.79 Å². The number of piperazine rings is 1. The van der Waals surface area contributed by atoms with E-state index in [4.69, 9.17) is 0 Å². The van der Waals surface area contributed by atoms with Crippen molar-refractivity contribution < 1.29 is 4.79 Å². The van der Waals surface area contributed by atoms with Crippen molar-refractivity contribution >= 4 is 23.4 Å². The molecule has 3 aromatic rings. The number of rotatable bonds is 4. The van der Waals surface area contributed by atoms with E-state index in [0.29, 0.717) is 37.7 Å². The van der Waals surface area contributed by atoms with Crippen molar-refractivity contribution in [1.29, 1.82) is 0 Å². The number of hydrogen-bond acceptors (Lipinski definition) is 8. The van der Waals surface area contributed by atoms with E-state index in [2.05, 4.69) is 35.4 Å². The van der Waals surface area contributed by atoms with Gasteiger partial charge in [0.1, 0.15) is 11.5 Å². The Kier molecular flexibility index (Phi) is 5.28. The van der Waals surface area contributed by atoms with Crippen LogP contribution in [0.5, 0.6) is 0 Å².